The molecule has 1 amide bonds. The van der Waals surface area contributed by atoms with Crippen molar-refractivity contribution >= 4 is 33.2 Å². The fourth-order valence-electron chi connectivity index (χ4n) is 3.18. The number of carbonyl (C=O) groups excluding carboxylic acids is 1. The van der Waals surface area contributed by atoms with Gasteiger partial charge in [0, 0.05) is 36.5 Å². The molecule has 1 aliphatic heterocycles. The molecule has 0 aliphatic carbocycles. The Kier molecular flexibility index (Phi) is 4.44. The lowest BCUT2D eigenvalue weighted by Crippen LogP contribution is -2.29. The fraction of sp³-hybridized carbons (Fsp3) is 0.316. The van der Waals surface area contributed by atoms with E-state index in [0.29, 0.717) is 6.54 Å². The van der Waals surface area contributed by atoms with Crippen LogP contribution in [0.15, 0.2) is 46.9 Å². The van der Waals surface area contributed by atoms with Crippen LogP contribution in [0.25, 0.3) is 0 Å². The van der Waals surface area contributed by atoms with Crippen molar-refractivity contribution in [3.05, 3.63) is 58.1 Å². The first-order valence-corrected chi connectivity index (χ1v) is 8.67. The van der Waals surface area contributed by atoms with Gasteiger partial charge < -0.3 is 9.80 Å². The van der Waals surface area contributed by atoms with Gasteiger partial charge in [0.15, 0.2) is 0 Å². The second-order valence-electron chi connectivity index (χ2n) is 6.10. The number of benzene rings is 2. The van der Waals surface area contributed by atoms with Gasteiger partial charge in [-0.05, 0) is 54.8 Å². The molecule has 1 aliphatic rings. The first-order chi connectivity index (χ1) is 11.0. The average Bonchev–Trinajstić information content (AvgIpc) is 2.79. The van der Waals surface area contributed by atoms with Gasteiger partial charge in [-0.1, -0.05) is 28.1 Å². The highest BCUT2D eigenvalue weighted by atomic mass is 79.9. The molecule has 3 rings (SSSR count). The van der Waals surface area contributed by atoms with Gasteiger partial charge in [-0.15, -0.1) is 0 Å². The van der Waals surface area contributed by atoms with Crippen molar-refractivity contribution in [2.45, 2.75) is 19.3 Å². The maximum atomic E-state index is 12.8. The van der Waals surface area contributed by atoms with E-state index in [4.69, 9.17) is 0 Å². The lowest BCUT2D eigenvalue weighted by molar-refractivity contribution is -0.119. The number of nitrogens with zero attached hydrogens (tertiary/aromatic N) is 2. The number of fused-ring (bicyclic) bond motifs is 1. The predicted molar refractivity (Wildman–Crippen MR) is 99.4 cm³/mol. The van der Waals surface area contributed by atoms with Crippen molar-refractivity contribution in [2.75, 3.05) is 30.4 Å². The van der Waals surface area contributed by atoms with Gasteiger partial charge in [-0.25, -0.2) is 0 Å². The van der Waals surface area contributed by atoms with E-state index in [2.05, 4.69) is 51.2 Å². The molecule has 0 N–H and O–H groups in total. The number of halogens is 1. The topological polar surface area (TPSA) is 23.6 Å². The van der Waals surface area contributed by atoms with Crippen LogP contribution in [0.1, 0.15) is 24.0 Å². The van der Waals surface area contributed by atoms with E-state index in [9.17, 15) is 4.79 Å². The molecule has 1 heterocycles. The van der Waals surface area contributed by atoms with Gasteiger partial charge in [0.05, 0.1) is 5.92 Å². The van der Waals surface area contributed by atoms with Crippen LogP contribution in [0.5, 0.6) is 0 Å². The Morgan fingerprint density at radius 2 is 1.83 bits per heavy atom. The Labute approximate surface area is 146 Å². The molecule has 2 aromatic carbocycles. The van der Waals surface area contributed by atoms with E-state index >= 15 is 0 Å². The number of hydrogen-bond acceptors (Lipinski definition) is 2. The SMILES string of the molecule is CCN1C(=O)[C@@H](Cc2ccc(N(C)C)cc2)c2cc(Br)ccc21. The maximum absolute atomic E-state index is 12.8. The third-order valence-corrected chi connectivity index (χ3v) is 4.92. The average molecular weight is 373 g/mol. The highest BCUT2D eigenvalue weighted by Crippen LogP contribution is 2.40. The van der Waals surface area contributed by atoms with Crippen LogP contribution in [0.3, 0.4) is 0 Å². The Bertz CT molecular complexity index is 725. The molecule has 0 bridgehead atoms. The largest absolute Gasteiger partial charge is 0.378 e. The quantitative estimate of drug-likeness (QED) is 0.802. The summed E-state index contributed by atoms with van der Waals surface area (Å²) in [6.45, 7) is 2.74. The van der Waals surface area contributed by atoms with E-state index in [1.54, 1.807) is 0 Å². The molecule has 4 heteroatoms. The molecule has 23 heavy (non-hydrogen) atoms. The number of amides is 1. The number of likely N-dealkylation sites (N-methyl/N-ethyl adjacent to an activating group) is 1. The normalized spacial score (nSPS) is 16.6. The van der Waals surface area contributed by atoms with E-state index in [0.717, 1.165) is 22.1 Å². The standard InChI is InChI=1S/C19H21BrN2O/c1-4-22-18-10-7-14(20)12-16(18)17(19(22)23)11-13-5-8-15(9-6-13)21(2)3/h5-10,12,17H,4,11H2,1-3H3/t17-/m0/s1. The summed E-state index contributed by atoms with van der Waals surface area (Å²) in [7, 11) is 4.06. The molecule has 0 radical (unpaired) electrons. The Morgan fingerprint density at radius 1 is 1.13 bits per heavy atom. The number of hydrogen-bond donors (Lipinski definition) is 0. The minimum atomic E-state index is -0.0901. The number of anilines is 2. The van der Waals surface area contributed by atoms with Gasteiger partial charge in [0.25, 0.3) is 0 Å². The van der Waals surface area contributed by atoms with Crippen LogP contribution < -0.4 is 9.80 Å². The third-order valence-electron chi connectivity index (χ3n) is 4.43. The molecule has 0 fully saturated rings. The molecular weight excluding hydrogens is 352 g/mol. The van der Waals surface area contributed by atoms with Crippen molar-refractivity contribution < 1.29 is 4.79 Å². The Morgan fingerprint density at radius 3 is 2.43 bits per heavy atom. The second kappa shape index (κ2) is 6.36. The van der Waals surface area contributed by atoms with E-state index in [1.807, 2.05) is 38.1 Å². The molecule has 0 spiro atoms. The molecular formula is C19H21BrN2O. The zero-order valence-electron chi connectivity index (χ0n) is 13.7. The highest BCUT2D eigenvalue weighted by Gasteiger charge is 2.36. The third kappa shape index (κ3) is 3.00. The summed E-state index contributed by atoms with van der Waals surface area (Å²) in [5.41, 5.74) is 4.54. The van der Waals surface area contributed by atoms with Crippen LogP contribution in [0, 0.1) is 0 Å². The molecule has 0 saturated heterocycles. The van der Waals surface area contributed by atoms with Gasteiger partial charge >= 0.3 is 0 Å². The van der Waals surface area contributed by atoms with Crippen molar-refractivity contribution in [3.8, 4) is 0 Å². The molecule has 0 saturated carbocycles. The van der Waals surface area contributed by atoms with Gasteiger partial charge in [0.1, 0.15) is 0 Å². The summed E-state index contributed by atoms with van der Waals surface area (Å²) in [6, 6.07) is 14.6. The molecule has 120 valence electrons. The van der Waals surface area contributed by atoms with Crippen molar-refractivity contribution in [1.29, 1.82) is 0 Å². The van der Waals surface area contributed by atoms with Crippen molar-refractivity contribution in [2.24, 2.45) is 0 Å². The summed E-state index contributed by atoms with van der Waals surface area (Å²) < 4.78 is 1.02. The van der Waals surface area contributed by atoms with Crippen molar-refractivity contribution in [1.82, 2.24) is 0 Å². The van der Waals surface area contributed by atoms with Crippen LogP contribution in [0.4, 0.5) is 11.4 Å². The Balaban J connectivity index is 1.91. The zero-order chi connectivity index (χ0) is 16.6. The second-order valence-corrected chi connectivity index (χ2v) is 7.02. The summed E-state index contributed by atoms with van der Waals surface area (Å²) >= 11 is 3.53. The minimum Gasteiger partial charge on any atom is -0.378 e. The smallest absolute Gasteiger partial charge is 0.234 e. The lowest BCUT2D eigenvalue weighted by Gasteiger charge is -2.16. The van der Waals surface area contributed by atoms with Crippen LogP contribution >= 0.6 is 15.9 Å². The molecule has 0 unspecified atom stereocenters. The van der Waals surface area contributed by atoms with Crippen LogP contribution in [-0.2, 0) is 11.2 Å². The maximum Gasteiger partial charge on any atom is 0.234 e. The summed E-state index contributed by atoms with van der Waals surface area (Å²) in [5, 5.41) is 0. The van der Waals surface area contributed by atoms with E-state index in [-0.39, 0.29) is 11.8 Å². The number of carbonyl (C=O) groups is 1. The summed E-state index contributed by atoms with van der Waals surface area (Å²) in [4.78, 5) is 16.8. The lowest BCUT2D eigenvalue weighted by atomic mass is 9.93. The minimum absolute atomic E-state index is 0.0901. The molecule has 3 nitrogen and oxygen atoms in total. The predicted octanol–water partition coefficient (Wildman–Crippen LogP) is 4.21. The van der Waals surface area contributed by atoms with Gasteiger partial charge in [-0.3, -0.25) is 4.79 Å². The molecule has 1 atom stereocenters. The molecule has 2 aromatic rings. The van der Waals surface area contributed by atoms with Crippen molar-refractivity contribution in [3.63, 3.8) is 0 Å². The van der Waals surface area contributed by atoms with E-state index in [1.165, 1.54) is 11.3 Å². The fourth-order valence-corrected chi connectivity index (χ4v) is 3.56. The first kappa shape index (κ1) is 16.1. The zero-order valence-corrected chi connectivity index (χ0v) is 15.3. The van der Waals surface area contributed by atoms with Crippen LogP contribution in [-0.4, -0.2) is 26.5 Å². The summed E-state index contributed by atoms with van der Waals surface area (Å²) in [6.07, 6.45) is 0.743. The first-order valence-electron chi connectivity index (χ1n) is 7.88. The Hall–Kier alpha value is -1.81. The van der Waals surface area contributed by atoms with Gasteiger partial charge in [0.2, 0.25) is 5.91 Å². The van der Waals surface area contributed by atoms with E-state index < -0.39 is 0 Å². The monoisotopic (exact) mass is 372 g/mol. The summed E-state index contributed by atoms with van der Waals surface area (Å²) in [5.74, 6) is 0.116. The number of rotatable bonds is 4. The van der Waals surface area contributed by atoms with Crippen LogP contribution in [0.2, 0.25) is 0 Å². The molecule has 0 aromatic heterocycles. The highest BCUT2D eigenvalue weighted by molar-refractivity contribution is 9.10. The van der Waals surface area contributed by atoms with Gasteiger partial charge in [-0.2, -0.15) is 0 Å².